The number of rotatable bonds is 3. The van der Waals surface area contributed by atoms with Crippen LogP contribution >= 0.6 is 0 Å². The molecule has 0 atom stereocenters. The summed E-state index contributed by atoms with van der Waals surface area (Å²) >= 11 is 0. The lowest BCUT2D eigenvalue weighted by Crippen LogP contribution is -2.51. The molecule has 0 radical (unpaired) electrons. The molecule has 0 saturated heterocycles. The quantitative estimate of drug-likeness (QED) is 0.815. The number of amides is 1. The van der Waals surface area contributed by atoms with Crippen LogP contribution in [0.1, 0.15) is 42.5 Å². The number of pyridine rings is 1. The van der Waals surface area contributed by atoms with Gasteiger partial charge >= 0.3 is 0 Å². The second kappa shape index (κ2) is 5.27. The number of hydrogen-bond acceptors (Lipinski definition) is 3. The van der Waals surface area contributed by atoms with Crippen LogP contribution in [0.15, 0.2) is 24.5 Å². The van der Waals surface area contributed by atoms with Crippen molar-refractivity contribution in [1.82, 2.24) is 10.3 Å². The number of hydrogen-bond donors (Lipinski definition) is 1. The first kappa shape index (κ1) is 12.0. The second-order valence-corrected chi connectivity index (χ2v) is 4.45. The van der Waals surface area contributed by atoms with Gasteiger partial charge in [0.05, 0.1) is 5.56 Å². The van der Waals surface area contributed by atoms with Crippen LogP contribution < -0.4 is 5.32 Å². The molecular weight excluding hydrogens is 216 g/mol. The number of aromatic nitrogens is 1. The van der Waals surface area contributed by atoms with E-state index in [-0.39, 0.29) is 5.91 Å². The number of ether oxygens (including phenoxy) is 1. The van der Waals surface area contributed by atoms with E-state index in [2.05, 4.69) is 10.3 Å². The molecule has 0 spiro atoms. The lowest BCUT2D eigenvalue weighted by atomic mass is 9.91. The molecule has 1 saturated carbocycles. The first-order chi connectivity index (χ1) is 8.26. The SMILES string of the molecule is COC1(NC(=O)c2cccnc2)CCCCC1. The maximum Gasteiger partial charge on any atom is 0.255 e. The van der Waals surface area contributed by atoms with Crippen molar-refractivity contribution in [2.75, 3.05) is 7.11 Å². The number of carbonyl (C=O) groups is 1. The Balaban J connectivity index is 2.06. The summed E-state index contributed by atoms with van der Waals surface area (Å²) in [6, 6.07) is 3.52. The number of nitrogens with one attached hydrogen (secondary N) is 1. The third-order valence-corrected chi connectivity index (χ3v) is 3.32. The van der Waals surface area contributed by atoms with Crippen LogP contribution in [0.25, 0.3) is 0 Å². The summed E-state index contributed by atoms with van der Waals surface area (Å²) in [4.78, 5) is 16.0. The average Bonchev–Trinajstić information content (AvgIpc) is 2.41. The van der Waals surface area contributed by atoms with Gasteiger partial charge in [0.15, 0.2) is 0 Å². The van der Waals surface area contributed by atoms with Gasteiger partial charge in [-0.2, -0.15) is 0 Å². The van der Waals surface area contributed by atoms with Gasteiger partial charge in [0, 0.05) is 19.5 Å². The van der Waals surface area contributed by atoms with Gasteiger partial charge < -0.3 is 10.1 Å². The maximum absolute atomic E-state index is 12.0. The highest BCUT2D eigenvalue weighted by Crippen LogP contribution is 2.28. The Kier molecular flexibility index (Phi) is 3.74. The van der Waals surface area contributed by atoms with Gasteiger partial charge in [-0.25, -0.2) is 0 Å². The molecule has 1 aliphatic rings. The molecule has 0 bridgehead atoms. The summed E-state index contributed by atoms with van der Waals surface area (Å²) < 4.78 is 5.52. The minimum Gasteiger partial charge on any atom is -0.359 e. The van der Waals surface area contributed by atoms with Gasteiger partial charge in [-0.05, 0) is 37.8 Å². The molecule has 1 heterocycles. The highest BCUT2D eigenvalue weighted by atomic mass is 16.5. The Hall–Kier alpha value is -1.42. The predicted molar refractivity (Wildman–Crippen MR) is 64.5 cm³/mol. The van der Waals surface area contributed by atoms with Crippen LogP contribution in [0, 0.1) is 0 Å². The first-order valence-electron chi connectivity index (χ1n) is 6.03. The fraction of sp³-hybridized carbons (Fsp3) is 0.538. The molecule has 0 unspecified atom stereocenters. The number of methoxy groups -OCH3 is 1. The largest absolute Gasteiger partial charge is 0.359 e. The van der Waals surface area contributed by atoms with Crippen molar-refractivity contribution in [2.45, 2.75) is 37.8 Å². The van der Waals surface area contributed by atoms with Crippen LogP contribution in [0.4, 0.5) is 0 Å². The van der Waals surface area contributed by atoms with Gasteiger partial charge in [0.2, 0.25) is 0 Å². The summed E-state index contributed by atoms with van der Waals surface area (Å²) in [5.74, 6) is -0.109. The van der Waals surface area contributed by atoms with Crippen LogP contribution in [0.3, 0.4) is 0 Å². The average molecular weight is 234 g/mol. The van der Waals surface area contributed by atoms with E-state index in [0.29, 0.717) is 5.56 Å². The normalized spacial score (nSPS) is 18.6. The van der Waals surface area contributed by atoms with E-state index < -0.39 is 5.72 Å². The molecule has 1 N–H and O–H groups in total. The van der Waals surface area contributed by atoms with Crippen molar-refractivity contribution in [3.05, 3.63) is 30.1 Å². The Morgan fingerprint density at radius 3 is 2.76 bits per heavy atom. The van der Waals surface area contributed by atoms with Gasteiger partial charge in [0.1, 0.15) is 5.72 Å². The molecule has 0 aromatic carbocycles. The monoisotopic (exact) mass is 234 g/mol. The fourth-order valence-corrected chi connectivity index (χ4v) is 2.28. The van der Waals surface area contributed by atoms with E-state index >= 15 is 0 Å². The summed E-state index contributed by atoms with van der Waals surface area (Å²) in [6.07, 6.45) is 8.41. The molecule has 1 aromatic rings. The Morgan fingerprint density at radius 2 is 2.18 bits per heavy atom. The Labute approximate surface area is 101 Å². The van der Waals surface area contributed by atoms with Crippen LogP contribution in [0.5, 0.6) is 0 Å². The van der Waals surface area contributed by atoms with Crippen molar-refractivity contribution >= 4 is 5.91 Å². The molecule has 1 fully saturated rings. The van der Waals surface area contributed by atoms with Crippen LogP contribution in [0.2, 0.25) is 0 Å². The van der Waals surface area contributed by atoms with Crippen molar-refractivity contribution in [1.29, 1.82) is 0 Å². The van der Waals surface area contributed by atoms with Crippen LogP contribution in [-0.2, 0) is 4.74 Å². The second-order valence-electron chi connectivity index (χ2n) is 4.45. The van der Waals surface area contributed by atoms with Crippen LogP contribution in [-0.4, -0.2) is 23.7 Å². The molecule has 2 rings (SSSR count). The topological polar surface area (TPSA) is 51.2 Å². The highest BCUT2D eigenvalue weighted by molar-refractivity contribution is 5.94. The fourth-order valence-electron chi connectivity index (χ4n) is 2.28. The molecule has 1 amide bonds. The zero-order valence-electron chi connectivity index (χ0n) is 10.1. The third kappa shape index (κ3) is 2.82. The van der Waals surface area contributed by atoms with Gasteiger partial charge in [-0.15, -0.1) is 0 Å². The standard InChI is InChI=1S/C13H18N2O2/c1-17-13(7-3-2-4-8-13)15-12(16)11-6-5-9-14-10-11/h5-6,9-10H,2-4,7-8H2,1H3,(H,15,16). The maximum atomic E-state index is 12.0. The third-order valence-electron chi connectivity index (χ3n) is 3.32. The summed E-state index contributed by atoms with van der Waals surface area (Å²) in [7, 11) is 1.66. The summed E-state index contributed by atoms with van der Waals surface area (Å²) in [6.45, 7) is 0. The Bertz CT molecular complexity index is 372. The molecule has 1 aromatic heterocycles. The van der Waals surface area contributed by atoms with Crippen molar-refractivity contribution in [2.24, 2.45) is 0 Å². The molecular formula is C13H18N2O2. The van der Waals surface area contributed by atoms with E-state index in [0.717, 1.165) is 25.7 Å². The summed E-state index contributed by atoms with van der Waals surface area (Å²) in [5, 5.41) is 3.00. The van der Waals surface area contributed by atoms with E-state index in [1.807, 2.05) is 0 Å². The minimum atomic E-state index is -0.481. The molecule has 17 heavy (non-hydrogen) atoms. The molecule has 0 aliphatic heterocycles. The van der Waals surface area contributed by atoms with Crippen molar-refractivity contribution < 1.29 is 9.53 Å². The van der Waals surface area contributed by atoms with Gasteiger partial charge in [-0.3, -0.25) is 9.78 Å². The van der Waals surface area contributed by atoms with E-state index in [4.69, 9.17) is 4.74 Å². The van der Waals surface area contributed by atoms with E-state index in [1.54, 1.807) is 31.6 Å². The lowest BCUT2D eigenvalue weighted by Gasteiger charge is -2.36. The molecule has 4 heteroatoms. The predicted octanol–water partition coefficient (Wildman–Crippen LogP) is 2.12. The zero-order chi connectivity index (χ0) is 12.1. The first-order valence-corrected chi connectivity index (χ1v) is 6.03. The molecule has 92 valence electrons. The Morgan fingerprint density at radius 1 is 1.41 bits per heavy atom. The minimum absolute atomic E-state index is 0.109. The van der Waals surface area contributed by atoms with Gasteiger partial charge in [0.25, 0.3) is 5.91 Å². The lowest BCUT2D eigenvalue weighted by molar-refractivity contribution is -0.0591. The van der Waals surface area contributed by atoms with Crippen molar-refractivity contribution in [3.63, 3.8) is 0 Å². The molecule has 4 nitrogen and oxygen atoms in total. The molecule has 1 aliphatic carbocycles. The van der Waals surface area contributed by atoms with Crippen molar-refractivity contribution in [3.8, 4) is 0 Å². The van der Waals surface area contributed by atoms with Gasteiger partial charge in [-0.1, -0.05) is 6.42 Å². The smallest absolute Gasteiger partial charge is 0.255 e. The zero-order valence-corrected chi connectivity index (χ0v) is 10.1. The van der Waals surface area contributed by atoms with E-state index in [9.17, 15) is 4.79 Å². The number of nitrogens with zero attached hydrogens (tertiary/aromatic N) is 1. The summed E-state index contributed by atoms with van der Waals surface area (Å²) in [5.41, 5.74) is 0.0973. The van der Waals surface area contributed by atoms with E-state index in [1.165, 1.54) is 6.42 Å². The highest BCUT2D eigenvalue weighted by Gasteiger charge is 2.33. The number of carbonyl (C=O) groups excluding carboxylic acids is 1.